The smallest absolute Gasteiger partial charge is 0.0848 e. The van der Waals surface area contributed by atoms with Crippen molar-refractivity contribution in [1.29, 1.82) is 10.7 Å². The lowest BCUT2D eigenvalue weighted by Gasteiger charge is -2.28. The first-order chi connectivity index (χ1) is 7.74. The molecule has 0 heterocycles. The van der Waals surface area contributed by atoms with E-state index in [1.165, 1.54) is 5.56 Å². The van der Waals surface area contributed by atoms with E-state index in [-0.39, 0.29) is 11.3 Å². The minimum atomic E-state index is -0.180. The van der Waals surface area contributed by atoms with Gasteiger partial charge in [-0.25, -0.2) is 0 Å². The molecule has 0 aliphatic heterocycles. The van der Waals surface area contributed by atoms with Crippen molar-refractivity contribution in [3.63, 3.8) is 0 Å². The third-order valence-corrected chi connectivity index (χ3v) is 3.81. The average Bonchev–Trinajstić information content (AvgIpc) is 2.68. The highest BCUT2D eigenvalue weighted by molar-refractivity contribution is 5.97. The number of nitrogens with one attached hydrogen (secondary N) is 1. The van der Waals surface area contributed by atoms with Gasteiger partial charge in [-0.2, -0.15) is 5.26 Å². The molecule has 1 aromatic rings. The molecule has 0 radical (unpaired) electrons. The highest BCUT2D eigenvalue weighted by Gasteiger charge is 2.44. The van der Waals surface area contributed by atoms with Crippen molar-refractivity contribution in [2.24, 2.45) is 5.92 Å². The van der Waals surface area contributed by atoms with Crippen LogP contribution in [0.2, 0.25) is 0 Å². The summed E-state index contributed by atoms with van der Waals surface area (Å²) in [4.78, 5) is 0. The quantitative estimate of drug-likeness (QED) is 0.803. The Morgan fingerprint density at radius 3 is 2.62 bits per heavy atom. The molecule has 1 saturated carbocycles. The van der Waals surface area contributed by atoms with Crippen LogP contribution >= 0.6 is 0 Å². The molecule has 0 aromatic heterocycles. The van der Waals surface area contributed by atoms with E-state index in [4.69, 9.17) is 10.7 Å². The first-order valence-corrected chi connectivity index (χ1v) is 5.78. The zero-order valence-corrected chi connectivity index (χ0v) is 9.53. The van der Waals surface area contributed by atoms with Crippen LogP contribution in [0.25, 0.3) is 0 Å². The molecule has 2 heteroatoms. The summed E-state index contributed by atoms with van der Waals surface area (Å²) in [6, 6.07) is 12.4. The van der Waals surface area contributed by atoms with Crippen molar-refractivity contribution in [2.75, 3.05) is 0 Å². The zero-order valence-electron chi connectivity index (χ0n) is 9.53. The fourth-order valence-electron chi connectivity index (χ4n) is 2.76. The molecular formula is C14H16N2. The van der Waals surface area contributed by atoms with E-state index in [1.807, 2.05) is 18.2 Å². The van der Waals surface area contributed by atoms with Crippen LogP contribution in [0.4, 0.5) is 0 Å². The summed E-state index contributed by atoms with van der Waals surface area (Å²) in [5.41, 5.74) is 1.63. The lowest BCUT2D eigenvalue weighted by atomic mass is 9.75. The number of benzene rings is 1. The summed E-state index contributed by atoms with van der Waals surface area (Å²) in [5.74, 6) is -0.180. The molecule has 16 heavy (non-hydrogen) atoms. The average molecular weight is 212 g/mol. The predicted octanol–water partition coefficient (Wildman–Crippen LogP) is 3.29. The van der Waals surface area contributed by atoms with E-state index in [9.17, 15) is 0 Å². The van der Waals surface area contributed by atoms with Gasteiger partial charge >= 0.3 is 0 Å². The maximum atomic E-state index is 9.02. The standard InChI is InChI=1S/C14H16N2/c1-2-14(12-6-4-3-5-7-12)9-8-11(10-15)13(14)16/h3-7,11,16H,2,8-9H2,1H3/t11-,14+/m1/s1. The van der Waals surface area contributed by atoms with Crippen molar-refractivity contribution in [2.45, 2.75) is 31.6 Å². The topological polar surface area (TPSA) is 47.6 Å². The highest BCUT2D eigenvalue weighted by atomic mass is 14.6. The highest BCUT2D eigenvalue weighted by Crippen LogP contribution is 2.43. The molecule has 0 amide bonds. The molecule has 1 N–H and O–H groups in total. The van der Waals surface area contributed by atoms with Crippen LogP contribution in [0.1, 0.15) is 31.7 Å². The normalized spacial score (nSPS) is 29.0. The molecule has 0 spiro atoms. The van der Waals surface area contributed by atoms with Crippen molar-refractivity contribution in [1.82, 2.24) is 0 Å². The van der Waals surface area contributed by atoms with Gasteiger partial charge in [-0.1, -0.05) is 37.3 Å². The van der Waals surface area contributed by atoms with Crippen molar-refractivity contribution in [3.8, 4) is 6.07 Å². The van der Waals surface area contributed by atoms with E-state index in [0.717, 1.165) is 19.3 Å². The first kappa shape index (κ1) is 10.9. The molecule has 1 aromatic carbocycles. The number of nitrogens with zero attached hydrogens (tertiary/aromatic N) is 1. The summed E-state index contributed by atoms with van der Waals surface area (Å²) in [7, 11) is 0. The molecule has 82 valence electrons. The Balaban J connectivity index is 2.43. The van der Waals surface area contributed by atoms with Gasteiger partial charge in [0.15, 0.2) is 0 Å². The van der Waals surface area contributed by atoms with Gasteiger partial charge in [0.05, 0.1) is 12.0 Å². The van der Waals surface area contributed by atoms with E-state index in [0.29, 0.717) is 5.71 Å². The number of rotatable bonds is 2. The first-order valence-electron chi connectivity index (χ1n) is 5.78. The van der Waals surface area contributed by atoms with Crippen LogP contribution in [0.3, 0.4) is 0 Å². The molecule has 0 saturated heterocycles. The van der Waals surface area contributed by atoms with Gasteiger partial charge in [0, 0.05) is 11.1 Å². The second-order valence-electron chi connectivity index (χ2n) is 4.44. The minimum absolute atomic E-state index is 0.179. The lowest BCUT2D eigenvalue weighted by Crippen LogP contribution is -2.31. The Hall–Kier alpha value is -1.62. The van der Waals surface area contributed by atoms with Gasteiger partial charge in [-0.05, 0) is 24.8 Å². The molecular weight excluding hydrogens is 196 g/mol. The maximum absolute atomic E-state index is 9.02. The van der Waals surface area contributed by atoms with E-state index in [1.54, 1.807) is 0 Å². The zero-order chi connectivity index (χ0) is 11.6. The minimum Gasteiger partial charge on any atom is -0.307 e. The van der Waals surface area contributed by atoms with Crippen LogP contribution in [0, 0.1) is 22.7 Å². The van der Waals surface area contributed by atoms with Gasteiger partial charge in [0.2, 0.25) is 0 Å². The van der Waals surface area contributed by atoms with Gasteiger partial charge in [0.1, 0.15) is 0 Å². The number of nitriles is 1. The van der Waals surface area contributed by atoms with Crippen LogP contribution in [-0.4, -0.2) is 5.71 Å². The lowest BCUT2D eigenvalue weighted by molar-refractivity contribution is 0.536. The Bertz CT molecular complexity index is 430. The summed E-state index contributed by atoms with van der Waals surface area (Å²) in [6.07, 6.45) is 2.68. The summed E-state index contributed by atoms with van der Waals surface area (Å²) in [5, 5.41) is 17.2. The third-order valence-electron chi connectivity index (χ3n) is 3.81. The van der Waals surface area contributed by atoms with Gasteiger partial charge in [0.25, 0.3) is 0 Å². The van der Waals surface area contributed by atoms with Crippen LogP contribution in [0.15, 0.2) is 30.3 Å². The molecule has 0 bridgehead atoms. The molecule has 1 fully saturated rings. The van der Waals surface area contributed by atoms with E-state index < -0.39 is 0 Å². The Morgan fingerprint density at radius 1 is 1.44 bits per heavy atom. The molecule has 1 aliphatic carbocycles. The molecule has 2 atom stereocenters. The van der Waals surface area contributed by atoms with Crippen LogP contribution < -0.4 is 0 Å². The van der Waals surface area contributed by atoms with Gasteiger partial charge < -0.3 is 5.41 Å². The third kappa shape index (κ3) is 1.44. The van der Waals surface area contributed by atoms with Crippen molar-refractivity contribution >= 4 is 5.71 Å². The van der Waals surface area contributed by atoms with Crippen molar-refractivity contribution < 1.29 is 0 Å². The maximum Gasteiger partial charge on any atom is 0.0848 e. The molecule has 2 nitrogen and oxygen atoms in total. The monoisotopic (exact) mass is 212 g/mol. The largest absolute Gasteiger partial charge is 0.307 e. The predicted molar refractivity (Wildman–Crippen MR) is 64.5 cm³/mol. The second-order valence-corrected chi connectivity index (χ2v) is 4.44. The Kier molecular flexibility index (Phi) is 2.78. The fourth-order valence-corrected chi connectivity index (χ4v) is 2.76. The van der Waals surface area contributed by atoms with E-state index in [2.05, 4.69) is 25.1 Å². The van der Waals surface area contributed by atoms with Crippen LogP contribution in [0.5, 0.6) is 0 Å². The number of hydrogen-bond acceptors (Lipinski definition) is 2. The fraction of sp³-hybridized carbons (Fsp3) is 0.429. The Morgan fingerprint density at radius 2 is 2.12 bits per heavy atom. The second kappa shape index (κ2) is 4.09. The molecule has 2 rings (SSSR count). The number of hydrogen-bond donors (Lipinski definition) is 1. The van der Waals surface area contributed by atoms with Gasteiger partial charge in [-0.3, -0.25) is 0 Å². The van der Waals surface area contributed by atoms with Crippen LogP contribution in [-0.2, 0) is 5.41 Å². The van der Waals surface area contributed by atoms with Gasteiger partial charge in [-0.15, -0.1) is 0 Å². The SMILES string of the molecule is CC[C@@]1(c2ccccc2)CC[C@H](C#N)C1=N. The van der Waals surface area contributed by atoms with E-state index >= 15 is 0 Å². The Labute approximate surface area is 96.4 Å². The van der Waals surface area contributed by atoms with Crippen molar-refractivity contribution in [3.05, 3.63) is 35.9 Å². The summed E-state index contributed by atoms with van der Waals surface area (Å²) in [6.45, 7) is 2.11. The summed E-state index contributed by atoms with van der Waals surface area (Å²) < 4.78 is 0. The molecule has 0 unspecified atom stereocenters. The summed E-state index contributed by atoms with van der Waals surface area (Å²) >= 11 is 0. The molecule has 1 aliphatic rings.